The highest BCUT2D eigenvalue weighted by Gasteiger charge is 2.31. The Balaban J connectivity index is 2.12. The highest BCUT2D eigenvalue weighted by Crippen LogP contribution is 2.24. The predicted octanol–water partition coefficient (Wildman–Crippen LogP) is -0.293. The van der Waals surface area contributed by atoms with Crippen molar-refractivity contribution in [1.82, 2.24) is 19.4 Å². The normalized spacial score (nSPS) is 19.5. The summed E-state index contributed by atoms with van der Waals surface area (Å²) in [5.41, 5.74) is 5.58. The van der Waals surface area contributed by atoms with Crippen molar-refractivity contribution in [1.29, 1.82) is 0 Å². The van der Waals surface area contributed by atoms with Crippen molar-refractivity contribution in [3.8, 4) is 0 Å². The van der Waals surface area contributed by atoms with Crippen LogP contribution in [0.2, 0.25) is 0 Å². The number of H-pyrrole nitrogens is 1. The first-order chi connectivity index (χ1) is 8.43. The number of aromatic amines is 1. The second kappa shape index (κ2) is 4.87. The number of nitrogens with zero attached hydrogens (tertiary/aromatic N) is 3. The number of hydrogen-bond acceptors (Lipinski definition) is 5. The van der Waals surface area contributed by atoms with Crippen molar-refractivity contribution in [2.45, 2.75) is 23.8 Å². The van der Waals surface area contributed by atoms with E-state index in [9.17, 15) is 8.42 Å². The number of anilines is 1. The molecule has 1 aliphatic rings. The molecule has 2 rings (SSSR count). The first-order valence-corrected chi connectivity index (χ1v) is 7.32. The zero-order valence-electron chi connectivity index (χ0n) is 10.6. The van der Waals surface area contributed by atoms with Crippen LogP contribution in [0.3, 0.4) is 0 Å². The van der Waals surface area contributed by atoms with E-state index in [0.717, 1.165) is 12.8 Å². The van der Waals surface area contributed by atoms with Gasteiger partial charge in [0.25, 0.3) is 0 Å². The minimum Gasteiger partial charge on any atom is -0.383 e. The summed E-state index contributed by atoms with van der Waals surface area (Å²) in [6.45, 7) is 1.05. The molecular weight excluding hydrogens is 254 g/mol. The van der Waals surface area contributed by atoms with Gasteiger partial charge < -0.3 is 10.6 Å². The summed E-state index contributed by atoms with van der Waals surface area (Å²) in [5, 5.41) is 6.12. The Bertz CT molecular complexity index is 502. The van der Waals surface area contributed by atoms with Gasteiger partial charge in [-0.2, -0.15) is 9.40 Å². The molecule has 0 atom stereocenters. The summed E-state index contributed by atoms with van der Waals surface area (Å²) in [7, 11) is 0.531. The number of piperidine rings is 1. The molecule has 3 N–H and O–H groups in total. The summed E-state index contributed by atoms with van der Waals surface area (Å²) >= 11 is 0. The minimum atomic E-state index is -3.50. The zero-order valence-corrected chi connectivity index (χ0v) is 11.4. The van der Waals surface area contributed by atoms with E-state index in [4.69, 9.17) is 5.73 Å². The van der Waals surface area contributed by atoms with Gasteiger partial charge in [-0.1, -0.05) is 0 Å². The molecule has 0 spiro atoms. The van der Waals surface area contributed by atoms with Gasteiger partial charge in [0, 0.05) is 19.1 Å². The molecule has 102 valence electrons. The fourth-order valence-electron chi connectivity index (χ4n) is 2.23. The Labute approximate surface area is 107 Å². The largest absolute Gasteiger partial charge is 0.383 e. The fourth-order valence-corrected chi connectivity index (χ4v) is 3.71. The van der Waals surface area contributed by atoms with E-state index in [1.807, 2.05) is 14.1 Å². The second-order valence-electron chi connectivity index (χ2n) is 4.75. The Morgan fingerprint density at radius 3 is 2.50 bits per heavy atom. The van der Waals surface area contributed by atoms with Crippen LogP contribution in [0.15, 0.2) is 11.1 Å². The molecule has 0 bridgehead atoms. The maximum absolute atomic E-state index is 12.3. The van der Waals surface area contributed by atoms with Gasteiger partial charge >= 0.3 is 0 Å². The minimum absolute atomic E-state index is 0.0748. The van der Waals surface area contributed by atoms with Crippen LogP contribution in [0, 0.1) is 0 Å². The number of nitrogens with two attached hydrogens (primary N) is 1. The van der Waals surface area contributed by atoms with E-state index in [1.54, 1.807) is 0 Å². The van der Waals surface area contributed by atoms with Crippen LogP contribution in [0.5, 0.6) is 0 Å². The number of nitrogens with one attached hydrogen (secondary N) is 1. The molecule has 0 amide bonds. The summed E-state index contributed by atoms with van der Waals surface area (Å²) < 4.78 is 26.1. The molecule has 2 heterocycles. The second-order valence-corrected chi connectivity index (χ2v) is 6.65. The summed E-state index contributed by atoms with van der Waals surface area (Å²) in [6.07, 6.45) is 2.94. The van der Waals surface area contributed by atoms with Gasteiger partial charge in [-0.3, -0.25) is 5.10 Å². The van der Waals surface area contributed by atoms with Gasteiger partial charge in [0.2, 0.25) is 10.0 Å². The van der Waals surface area contributed by atoms with Crippen molar-refractivity contribution in [2.24, 2.45) is 0 Å². The lowest BCUT2D eigenvalue weighted by Crippen LogP contribution is -2.44. The van der Waals surface area contributed by atoms with E-state index < -0.39 is 10.0 Å². The predicted molar refractivity (Wildman–Crippen MR) is 68.5 cm³/mol. The van der Waals surface area contributed by atoms with E-state index in [-0.39, 0.29) is 10.7 Å². The van der Waals surface area contributed by atoms with E-state index >= 15 is 0 Å². The SMILES string of the molecule is CN(C)C1CCN(S(=O)(=O)c2cn[nH]c2N)CC1. The molecule has 1 aliphatic heterocycles. The number of rotatable bonds is 3. The molecule has 1 saturated heterocycles. The molecule has 0 radical (unpaired) electrons. The Hall–Kier alpha value is -1.12. The first kappa shape index (κ1) is 13.3. The van der Waals surface area contributed by atoms with Crippen LogP contribution in [0.1, 0.15) is 12.8 Å². The molecule has 1 aromatic heterocycles. The Kier molecular flexibility index (Phi) is 3.60. The van der Waals surface area contributed by atoms with Gasteiger partial charge in [0.05, 0.1) is 6.20 Å². The lowest BCUT2D eigenvalue weighted by atomic mass is 10.1. The van der Waals surface area contributed by atoms with Crippen LogP contribution >= 0.6 is 0 Å². The molecule has 1 aromatic rings. The van der Waals surface area contributed by atoms with Crippen molar-refractivity contribution >= 4 is 15.8 Å². The van der Waals surface area contributed by atoms with Gasteiger partial charge in [0.1, 0.15) is 10.7 Å². The van der Waals surface area contributed by atoms with Crippen LogP contribution in [0.4, 0.5) is 5.82 Å². The molecule has 7 nitrogen and oxygen atoms in total. The quantitative estimate of drug-likeness (QED) is 0.789. The molecule has 0 unspecified atom stereocenters. The standard InChI is InChI=1S/C10H19N5O2S/c1-14(2)8-3-5-15(6-4-8)18(16,17)9-7-12-13-10(9)11/h7-8H,3-6H2,1-2H3,(H3,11,12,13). The monoisotopic (exact) mass is 273 g/mol. The summed E-state index contributed by atoms with van der Waals surface area (Å²) in [6, 6.07) is 0.443. The lowest BCUT2D eigenvalue weighted by Gasteiger charge is -2.34. The average Bonchev–Trinajstić information content (AvgIpc) is 2.76. The van der Waals surface area contributed by atoms with E-state index in [0.29, 0.717) is 19.1 Å². The molecular formula is C10H19N5O2S. The number of aromatic nitrogens is 2. The first-order valence-electron chi connectivity index (χ1n) is 5.88. The molecule has 1 fully saturated rings. The molecule has 18 heavy (non-hydrogen) atoms. The lowest BCUT2D eigenvalue weighted by molar-refractivity contribution is 0.196. The maximum Gasteiger partial charge on any atom is 0.248 e. The summed E-state index contributed by atoms with van der Waals surface area (Å²) in [4.78, 5) is 2.21. The van der Waals surface area contributed by atoms with Crippen molar-refractivity contribution < 1.29 is 8.42 Å². The number of hydrogen-bond donors (Lipinski definition) is 2. The third kappa shape index (κ3) is 2.36. The third-order valence-corrected chi connectivity index (χ3v) is 5.33. The average molecular weight is 273 g/mol. The highest BCUT2D eigenvalue weighted by molar-refractivity contribution is 7.89. The highest BCUT2D eigenvalue weighted by atomic mass is 32.2. The van der Waals surface area contributed by atoms with E-state index in [2.05, 4.69) is 15.1 Å². The van der Waals surface area contributed by atoms with Gasteiger partial charge in [-0.05, 0) is 26.9 Å². The summed E-state index contributed by atoms with van der Waals surface area (Å²) in [5.74, 6) is 0.102. The molecule has 0 saturated carbocycles. The van der Waals surface area contributed by atoms with Crippen LogP contribution in [-0.4, -0.2) is 61.0 Å². The maximum atomic E-state index is 12.3. The molecule has 8 heteroatoms. The number of nitrogen functional groups attached to an aromatic ring is 1. The van der Waals surface area contributed by atoms with Gasteiger partial charge in [-0.15, -0.1) is 0 Å². The number of sulfonamides is 1. The Morgan fingerprint density at radius 2 is 2.06 bits per heavy atom. The fraction of sp³-hybridized carbons (Fsp3) is 0.700. The third-order valence-electron chi connectivity index (χ3n) is 3.40. The molecule has 0 aliphatic carbocycles. The van der Waals surface area contributed by atoms with Crippen molar-refractivity contribution in [2.75, 3.05) is 32.9 Å². The van der Waals surface area contributed by atoms with Crippen molar-refractivity contribution in [3.63, 3.8) is 0 Å². The van der Waals surface area contributed by atoms with E-state index in [1.165, 1.54) is 10.5 Å². The smallest absolute Gasteiger partial charge is 0.248 e. The molecule has 0 aromatic carbocycles. The topological polar surface area (TPSA) is 95.3 Å². The van der Waals surface area contributed by atoms with Crippen LogP contribution in [0.25, 0.3) is 0 Å². The van der Waals surface area contributed by atoms with Gasteiger partial charge in [0.15, 0.2) is 0 Å². The van der Waals surface area contributed by atoms with Gasteiger partial charge in [-0.25, -0.2) is 8.42 Å². The van der Waals surface area contributed by atoms with Crippen LogP contribution in [-0.2, 0) is 10.0 Å². The Morgan fingerprint density at radius 1 is 1.44 bits per heavy atom. The van der Waals surface area contributed by atoms with Crippen LogP contribution < -0.4 is 5.73 Å². The van der Waals surface area contributed by atoms with Crippen molar-refractivity contribution in [3.05, 3.63) is 6.20 Å². The zero-order chi connectivity index (χ0) is 13.3.